The Morgan fingerprint density at radius 2 is 1.95 bits per heavy atom. The van der Waals surface area contributed by atoms with Gasteiger partial charge in [0, 0.05) is 0 Å². The Labute approximate surface area is 107 Å². The van der Waals surface area contributed by atoms with E-state index in [0.29, 0.717) is 0 Å². The maximum absolute atomic E-state index is 12.7. The van der Waals surface area contributed by atoms with E-state index >= 15 is 0 Å². The highest BCUT2D eigenvalue weighted by atomic mass is 32.2. The first-order chi connectivity index (χ1) is 8.90. The lowest BCUT2D eigenvalue weighted by Gasteiger charge is -2.05. The molecule has 0 radical (unpaired) electrons. The molecule has 1 heterocycles. The summed E-state index contributed by atoms with van der Waals surface area (Å²) in [7, 11) is -4.21. The van der Waals surface area contributed by atoms with Gasteiger partial charge in [-0.1, -0.05) is 0 Å². The third-order valence-corrected chi connectivity index (χ3v) is 3.37. The topological polar surface area (TPSA) is 115 Å². The number of aromatic nitrogens is 2. The van der Waals surface area contributed by atoms with Crippen molar-refractivity contribution in [2.24, 2.45) is 5.73 Å². The van der Waals surface area contributed by atoms with E-state index in [1.165, 1.54) is 0 Å². The van der Waals surface area contributed by atoms with Gasteiger partial charge in [0.2, 0.25) is 0 Å². The van der Waals surface area contributed by atoms with Crippen molar-refractivity contribution >= 4 is 16.0 Å². The molecule has 0 bridgehead atoms. The van der Waals surface area contributed by atoms with Crippen LogP contribution in [0, 0.1) is 5.82 Å². The Morgan fingerprint density at radius 1 is 1.32 bits per heavy atom. The molecule has 0 atom stereocenters. The Bertz CT molecular complexity index is 709. The summed E-state index contributed by atoms with van der Waals surface area (Å²) in [5, 5.41) is 0. The summed E-state index contributed by atoms with van der Waals surface area (Å²) in [5.41, 5.74) is 4.73. The molecule has 1 amide bonds. The minimum Gasteiger partial charge on any atom is -0.364 e. The standard InChI is InChI=1S/C10H8FN3O4S/c11-6-1-3-7(4-2-6)19(16,17)18-10-8(9(12)15)13-5-14-10/h1-5H,(H2,12,15)(H,13,14). The summed E-state index contributed by atoms with van der Waals surface area (Å²) in [6.45, 7) is 0. The van der Waals surface area contributed by atoms with E-state index in [2.05, 4.69) is 14.2 Å². The second-order valence-electron chi connectivity index (χ2n) is 3.44. The third-order valence-electron chi connectivity index (χ3n) is 2.14. The zero-order valence-electron chi connectivity index (χ0n) is 9.33. The molecule has 0 spiro atoms. The van der Waals surface area contributed by atoms with Crippen molar-refractivity contribution in [3.05, 3.63) is 42.1 Å². The maximum Gasteiger partial charge on any atom is 0.340 e. The molecule has 2 aromatic rings. The van der Waals surface area contributed by atoms with Gasteiger partial charge in [0.15, 0.2) is 5.69 Å². The summed E-state index contributed by atoms with van der Waals surface area (Å²) >= 11 is 0. The van der Waals surface area contributed by atoms with Gasteiger partial charge < -0.3 is 14.9 Å². The van der Waals surface area contributed by atoms with E-state index < -0.39 is 27.7 Å². The van der Waals surface area contributed by atoms with E-state index in [-0.39, 0.29) is 10.6 Å². The van der Waals surface area contributed by atoms with Gasteiger partial charge in [-0.3, -0.25) is 4.79 Å². The number of amides is 1. The van der Waals surface area contributed by atoms with E-state index in [1.54, 1.807) is 0 Å². The lowest BCUT2D eigenvalue weighted by molar-refractivity contribution is 0.0994. The van der Waals surface area contributed by atoms with Crippen LogP contribution in [0.3, 0.4) is 0 Å². The number of benzene rings is 1. The van der Waals surface area contributed by atoms with Crippen LogP contribution in [0.25, 0.3) is 0 Å². The second kappa shape index (κ2) is 4.69. The van der Waals surface area contributed by atoms with Gasteiger partial charge >= 0.3 is 10.1 Å². The minimum atomic E-state index is -4.21. The molecule has 9 heteroatoms. The number of carbonyl (C=O) groups excluding carboxylic acids is 1. The molecular weight excluding hydrogens is 277 g/mol. The van der Waals surface area contributed by atoms with Crippen molar-refractivity contribution in [1.29, 1.82) is 0 Å². The van der Waals surface area contributed by atoms with Gasteiger partial charge in [-0.05, 0) is 24.3 Å². The molecule has 1 aromatic carbocycles. The predicted octanol–water partition coefficient (Wildman–Crippen LogP) is 0.415. The summed E-state index contributed by atoms with van der Waals surface area (Å²) in [5.74, 6) is -1.96. The van der Waals surface area contributed by atoms with Gasteiger partial charge in [0.25, 0.3) is 11.8 Å². The SMILES string of the molecule is NC(=O)c1[nH]cnc1OS(=O)(=O)c1ccc(F)cc1. The number of H-pyrrole nitrogens is 1. The molecule has 19 heavy (non-hydrogen) atoms. The third kappa shape index (κ3) is 2.71. The molecule has 0 aliphatic carbocycles. The lowest BCUT2D eigenvalue weighted by Crippen LogP contribution is -2.16. The van der Waals surface area contributed by atoms with Crippen LogP contribution >= 0.6 is 0 Å². The van der Waals surface area contributed by atoms with Crippen LogP contribution in [0.5, 0.6) is 5.88 Å². The number of hydrogen-bond donors (Lipinski definition) is 2. The number of carbonyl (C=O) groups is 1. The second-order valence-corrected chi connectivity index (χ2v) is 4.98. The van der Waals surface area contributed by atoms with Crippen LogP contribution < -0.4 is 9.92 Å². The van der Waals surface area contributed by atoms with E-state index in [4.69, 9.17) is 5.73 Å². The van der Waals surface area contributed by atoms with Gasteiger partial charge in [-0.15, -0.1) is 0 Å². The van der Waals surface area contributed by atoms with E-state index in [0.717, 1.165) is 30.6 Å². The van der Waals surface area contributed by atoms with Crippen LogP contribution in [0.2, 0.25) is 0 Å². The smallest absolute Gasteiger partial charge is 0.340 e. The number of rotatable bonds is 4. The molecule has 0 unspecified atom stereocenters. The van der Waals surface area contributed by atoms with E-state index in [1.807, 2.05) is 0 Å². The number of primary amides is 1. The average molecular weight is 285 g/mol. The van der Waals surface area contributed by atoms with Crippen LogP contribution in [0.1, 0.15) is 10.5 Å². The zero-order valence-corrected chi connectivity index (χ0v) is 10.1. The Kier molecular flexibility index (Phi) is 3.21. The molecular formula is C10H8FN3O4S. The molecule has 0 fully saturated rings. The van der Waals surface area contributed by atoms with Crippen molar-refractivity contribution in [2.45, 2.75) is 4.90 Å². The van der Waals surface area contributed by atoms with Crippen molar-refractivity contribution in [3.63, 3.8) is 0 Å². The molecule has 0 saturated heterocycles. The Morgan fingerprint density at radius 3 is 2.53 bits per heavy atom. The van der Waals surface area contributed by atoms with Gasteiger partial charge in [-0.2, -0.15) is 8.42 Å². The lowest BCUT2D eigenvalue weighted by atomic mass is 10.4. The fourth-order valence-electron chi connectivity index (χ4n) is 1.27. The number of hydrogen-bond acceptors (Lipinski definition) is 5. The molecule has 0 aliphatic rings. The molecule has 0 saturated carbocycles. The van der Waals surface area contributed by atoms with Crippen molar-refractivity contribution in [2.75, 3.05) is 0 Å². The number of aromatic amines is 1. The zero-order chi connectivity index (χ0) is 14.0. The van der Waals surface area contributed by atoms with Crippen molar-refractivity contribution in [3.8, 4) is 5.88 Å². The minimum absolute atomic E-state index is 0.271. The number of imidazole rings is 1. The average Bonchev–Trinajstić information content (AvgIpc) is 2.77. The Balaban J connectivity index is 2.34. The molecule has 100 valence electrons. The highest BCUT2D eigenvalue weighted by Crippen LogP contribution is 2.19. The highest BCUT2D eigenvalue weighted by molar-refractivity contribution is 7.87. The summed E-state index contributed by atoms with van der Waals surface area (Å²) in [6.07, 6.45) is 1.07. The molecule has 7 nitrogen and oxygen atoms in total. The molecule has 3 N–H and O–H groups in total. The van der Waals surface area contributed by atoms with Crippen LogP contribution in [0.4, 0.5) is 4.39 Å². The number of halogens is 1. The maximum atomic E-state index is 12.7. The van der Waals surface area contributed by atoms with Crippen LogP contribution in [-0.2, 0) is 10.1 Å². The number of nitrogens with zero attached hydrogens (tertiary/aromatic N) is 1. The molecule has 1 aromatic heterocycles. The van der Waals surface area contributed by atoms with Crippen molar-refractivity contribution in [1.82, 2.24) is 9.97 Å². The summed E-state index contributed by atoms with van der Waals surface area (Å²) in [6, 6.07) is 3.99. The highest BCUT2D eigenvalue weighted by Gasteiger charge is 2.22. The number of nitrogens with two attached hydrogens (primary N) is 1. The quantitative estimate of drug-likeness (QED) is 0.790. The first-order valence-electron chi connectivity index (χ1n) is 4.93. The fourth-order valence-corrected chi connectivity index (χ4v) is 2.17. The van der Waals surface area contributed by atoms with E-state index in [9.17, 15) is 17.6 Å². The van der Waals surface area contributed by atoms with Crippen LogP contribution in [0.15, 0.2) is 35.5 Å². The molecule has 2 rings (SSSR count). The first-order valence-corrected chi connectivity index (χ1v) is 6.34. The largest absolute Gasteiger partial charge is 0.364 e. The summed E-state index contributed by atoms with van der Waals surface area (Å²) < 4.78 is 41.0. The Hall–Kier alpha value is -2.42. The normalized spacial score (nSPS) is 11.2. The van der Waals surface area contributed by atoms with Gasteiger partial charge in [-0.25, -0.2) is 9.37 Å². The van der Waals surface area contributed by atoms with Crippen LogP contribution in [-0.4, -0.2) is 24.3 Å². The summed E-state index contributed by atoms with van der Waals surface area (Å²) in [4.78, 5) is 16.6. The first kappa shape index (κ1) is 13.0. The van der Waals surface area contributed by atoms with Crippen molar-refractivity contribution < 1.29 is 21.8 Å². The predicted molar refractivity (Wildman–Crippen MR) is 61.3 cm³/mol. The van der Waals surface area contributed by atoms with Gasteiger partial charge in [0.05, 0.1) is 6.33 Å². The fraction of sp³-hybridized carbons (Fsp3) is 0. The van der Waals surface area contributed by atoms with Gasteiger partial charge in [0.1, 0.15) is 10.7 Å². The molecule has 0 aliphatic heterocycles. The monoisotopic (exact) mass is 285 g/mol. The number of nitrogens with one attached hydrogen (secondary N) is 1.